The number of nitrogens with zero attached hydrogens (tertiary/aromatic N) is 2. The molecule has 0 fully saturated rings. The minimum absolute atomic E-state index is 0.215. The average Bonchev–Trinajstić information content (AvgIpc) is 2.44. The number of hydrogen-bond donors (Lipinski definition) is 0. The first-order valence-electron chi connectivity index (χ1n) is 3.89. The zero-order valence-corrected chi connectivity index (χ0v) is 8.23. The van der Waals surface area contributed by atoms with Gasteiger partial charge in [-0.15, -0.1) is 0 Å². The molecule has 2 nitrogen and oxygen atoms in total. The van der Waals surface area contributed by atoms with Crippen molar-refractivity contribution in [2.75, 3.05) is 6.26 Å². The van der Waals surface area contributed by atoms with Crippen LogP contribution in [0.15, 0.2) is 23.4 Å². The predicted molar refractivity (Wildman–Crippen MR) is 52.5 cm³/mol. The smallest absolute Gasteiger partial charge is 0.168 e. The van der Waals surface area contributed by atoms with Crippen molar-refractivity contribution in [3.63, 3.8) is 0 Å². The average molecular weight is 196 g/mol. The van der Waals surface area contributed by atoms with E-state index in [2.05, 4.69) is 4.98 Å². The minimum atomic E-state index is -0.215. The Kier molecular flexibility index (Phi) is 2.00. The molecular formula is C9H9FN2S. The maximum Gasteiger partial charge on any atom is 0.168 e. The summed E-state index contributed by atoms with van der Waals surface area (Å²) in [5, 5.41) is 0.833. The summed E-state index contributed by atoms with van der Waals surface area (Å²) >= 11 is 1.52. The Balaban J connectivity index is 2.85. The number of fused-ring (bicyclic) bond motifs is 1. The van der Waals surface area contributed by atoms with Crippen LogP contribution in [-0.4, -0.2) is 15.8 Å². The van der Waals surface area contributed by atoms with Gasteiger partial charge in [0.25, 0.3) is 0 Å². The lowest BCUT2D eigenvalue weighted by Gasteiger charge is -1.97. The first-order chi connectivity index (χ1) is 6.24. The van der Waals surface area contributed by atoms with Crippen molar-refractivity contribution in [1.29, 1.82) is 0 Å². The van der Waals surface area contributed by atoms with Gasteiger partial charge in [-0.2, -0.15) is 0 Å². The molecule has 0 aliphatic rings. The SMILES string of the molecule is CSc1nc2cccc(F)c2n1C. The van der Waals surface area contributed by atoms with Crippen LogP contribution in [0.2, 0.25) is 0 Å². The van der Waals surface area contributed by atoms with Crippen molar-refractivity contribution in [2.24, 2.45) is 7.05 Å². The summed E-state index contributed by atoms with van der Waals surface area (Å²) < 4.78 is 15.1. The third kappa shape index (κ3) is 1.21. The second kappa shape index (κ2) is 3.03. The topological polar surface area (TPSA) is 17.8 Å². The van der Waals surface area contributed by atoms with Crippen molar-refractivity contribution < 1.29 is 4.39 Å². The fourth-order valence-corrected chi connectivity index (χ4v) is 1.94. The zero-order chi connectivity index (χ0) is 9.42. The van der Waals surface area contributed by atoms with Gasteiger partial charge in [-0.05, 0) is 18.4 Å². The van der Waals surface area contributed by atoms with E-state index in [0.717, 1.165) is 5.16 Å². The highest BCUT2D eigenvalue weighted by molar-refractivity contribution is 7.98. The monoisotopic (exact) mass is 196 g/mol. The molecule has 0 bridgehead atoms. The molecule has 0 N–H and O–H groups in total. The highest BCUT2D eigenvalue weighted by atomic mass is 32.2. The van der Waals surface area contributed by atoms with Crippen LogP contribution < -0.4 is 0 Å². The molecule has 2 rings (SSSR count). The van der Waals surface area contributed by atoms with Crippen molar-refractivity contribution in [2.45, 2.75) is 5.16 Å². The van der Waals surface area contributed by atoms with Crippen LogP contribution >= 0.6 is 11.8 Å². The number of aryl methyl sites for hydroxylation is 1. The third-order valence-corrected chi connectivity index (χ3v) is 2.72. The van der Waals surface area contributed by atoms with Crippen LogP contribution in [-0.2, 0) is 7.05 Å². The van der Waals surface area contributed by atoms with E-state index >= 15 is 0 Å². The molecule has 2 aromatic rings. The van der Waals surface area contributed by atoms with Gasteiger partial charge >= 0.3 is 0 Å². The first kappa shape index (κ1) is 8.56. The summed E-state index contributed by atoms with van der Waals surface area (Å²) in [4.78, 5) is 4.28. The van der Waals surface area contributed by atoms with Crippen LogP contribution in [0.25, 0.3) is 11.0 Å². The van der Waals surface area contributed by atoms with Crippen molar-refractivity contribution in [3.8, 4) is 0 Å². The van der Waals surface area contributed by atoms with Gasteiger partial charge in [0.15, 0.2) is 5.16 Å². The van der Waals surface area contributed by atoms with Crippen LogP contribution in [0, 0.1) is 5.82 Å². The molecule has 68 valence electrons. The number of imidazole rings is 1. The lowest BCUT2D eigenvalue weighted by molar-refractivity contribution is 0.628. The van der Waals surface area contributed by atoms with E-state index in [-0.39, 0.29) is 5.82 Å². The van der Waals surface area contributed by atoms with Crippen LogP contribution in [0.5, 0.6) is 0 Å². The number of para-hydroxylation sites is 1. The molecular weight excluding hydrogens is 187 g/mol. The Labute approximate surface area is 79.8 Å². The molecule has 0 atom stereocenters. The molecule has 4 heteroatoms. The molecule has 0 aliphatic heterocycles. The fourth-order valence-electron chi connectivity index (χ4n) is 1.38. The highest BCUT2D eigenvalue weighted by Crippen LogP contribution is 2.22. The van der Waals surface area contributed by atoms with Gasteiger partial charge in [-0.1, -0.05) is 17.8 Å². The molecule has 0 spiro atoms. The van der Waals surface area contributed by atoms with E-state index < -0.39 is 0 Å². The van der Waals surface area contributed by atoms with Gasteiger partial charge in [-0.3, -0.25) is 0 Å². The summed E-state index contributed by atoms with van der Waals surface area (Å²) in [5.41, 5.74) is 1.29. The Hall–Kier alpha value is -1.03. The van der Waals surface area contributed by atoms with Crippen LogP contribution in [0.1, 0.15) is 0 Å². The van der Waals surface area contributed by atoms with Gasteiger partial charge in [-0.25, -0.2) is 9.37 Å². The van der Waals surface area contributed by atoms with Crippen molar-refractivity contribution >= 4 is 22.8 Å². The summed E-state index contributed by atoms with van der Waals surface area (Å²) in [6.07, 6.45) is 1.93. The van der Waals surface area contributed by atoms with E-state index in [0.29, 0.717) is 11.0 Å². The normalized spacial score (nSPS) is 11.0. The second-order valence-corrected chi connectivity index (χ2v) is 3.54. The number of thioether (sulfide) groups is 1. The summed E-state index contributed by atoms with van der Waals surface area (Å²) in [6.45, 7) is 0. The Morgan fingerprint density at radius 1 is 1.46 bits per heavy atom. The number of hydrogen-bond acceptors (Lipinski definition) is 2. The summed E-state index contributed by atoms with van der Waals surface area (Å²) in [6, 6.07) is 4.95. The maximum absolute atomic E-state index is 13.3. The van der Waals surface area contributed by atoms with E-state index in [1.807, 2.05) is 19.4 Å². The third-order valence-electron chi connectivity index (χ3n) is 1.99. The fraction of sp³-hybridized carbons (Fsp3) is 0.222. The molecule has 0 unspecified atom stereocenters. The molecule has 0 saturated heterocycles. The number of rotatable bonds is 1. The zero-order valence-electron chi connectivity index (χ0n) is 7.41. The summed E-state index contributed by atoms with van der Waals surface area (Å²) in [7, 11) is 1.82. The second-order valence-electron chi connectivity index (χ2n) is 2.77. The Morgan fingerprint density at radius 3 is 2.85 bits per heavy atom. The molecule has 1 aromatic heterocycles. The quantitative estimate of drug-likeness (QED) is 0.652. The van der Waals surface area contributed by atoms with Gasteiger partial charge in [0.05, 0.1) is 5.52 Å². The Morgan fingerprint density at radius 2 is 2.23 bits per heavy atom. The minimum Gasteiger partial charge on any atom is -0.320 e. The Bertz CT molecular complexity index is 450. The molecule has 13 heavy (non-hydrogen) atoms. The van der Waals surface area contributed by atoms with Crippen LogP contribution in [0.3, 0.4) is 0 Å². The number of aromatic nitrogens is 2. The molecule has 1 heterocycles. The standard InChI is InChI=1S/C9H9FN2S/c1-12-8-6(10)4-3-5-7(8)11-9(12)13-2/h3-5H,1-2H3. The number of halogens is 1. The van der Waals surface area contributed by atoms with Crippen LogP contribution in [0.4, 0.5) is 4.39 Å². The lowest BCUT2D eigenvalue weighted by atomic mass is 10.3. The molecule has 0 amide bonds. The van der Waals surface area contributed by atoms with E-state index in [4.69, 9.17) is 0 Å². The molecule has 1 aromatic carbocycles. The molecule has 0 saturated carbocycles. The van der Waals surface area contributed by atoms with Crippen molar-refractivity contribution in [3.05, 3.63) is 24.0 Å². The van der Waals surface area contributed by atoms with Gasteiger partial charge in [0.2, 0.25) is 0 Å². The highest BCUT2D eigenvalue weighted by Gasteiger charge is 2.09. The number of benzene rings is 1. The van der Waals surface area contributed by atoms with Gasteiger partial charge < -0.3 is 4.57 Å². The molecule has 0 radical (unpaired) electrons. The van der Waals surface area contributed by atoms with E-state index in [1.54, 1.807) is 10.6 Å². The van der Waals surface area contributed by atoms with E-state index in [1.165, 1.54) is 17.8 Å². The summed E-state index contributed by atoms with van der Waals surface area (Å²) in [5.74, 6) is -0.215. The maximum atomic E-state index is 13.3. The first-order valence-corrected chi connectivity index (χ1v) is 5.11. The molecule has 0 aliphatic carbocycles. The van der Waals surface area contributed by atoms with Crippen molar-refractivity contribution in [1.82, 2.24) is 9.55 Å². The largest absolute Gasteiger partial charge is 0.320 e. The van der Waals surface area contributed by atoms with Gasteiger partial charge in [0.1, 0.15) is 11.3 Å². The predicted octanol–water partition coefficient (Wildman–Crippen LogP) is 2.43. The van der Waals surface area contributed by atoms with Gasteiger partial charge in [0, 0.05) is 7.05 Å². The van der Waals surface area contributed by atoms with E-state index in [9.17, 15) is 4.39 Å². The lowest BCUT2D eigenvalue weighted by Crippen LogP contribution is -1.91.